The Morgan fingerprint density at radius 3 is 2.44 bits per heavy atom. The lowest BCUT2D eigenvalue weighted by molar-refractivity contribution is -0.0450. The van der Waals surface area contributed by atoms with Crippen molar-refractivity contribution in [1.29, 1.82) is 0 Å². The van der Waals surface area contributed by atoms with Crippen LogP contribution in [0.15, 0.2) is 21.9 Å². The molecule has 1 aromatic rings. The molecule has 5 atom stereocenters. The summed E-state index contributed by atoms with van der Waals surface area (Å²) in [5.74, 6) is 0. The van der Waals surface area contributed by atoms with Gasteiger partial charge in [0, 0.05) is 19.2 Å². The third-order valence-corrected chi connectivity index (χ3v) is 7.56. The molecule has 0 aliphatic carbocycles. The van der Waals surface area contributed by atoms with E-state index in [1.807, 2.05) is 4.98 Å². The van der Waals surface area contributed by atoms with Gasteiger partial charge in [-0.3, -0.25) is 18.9 Å². The molecule has 1 aliphatic heterocycles. The Bertz CT molecular complexity index is 1110. The first-order valence-corrected chi connectivity index (χ1v) is 13.0. The molecule has 0 bridgehead atoms. The lowest BCUT2D eigenvalue weighted by Gasteiger charge is -2.19. The van der Waals surface area contributed by atoms with Crippen LogP contribution < -0.4 is 17.0 Å². The van der Waals surface area contributed by atoms with Crippen LogP contribution in [-0.2, 0) is 31.6 Å². The van der Waals surface area contributed by atoms with Crippen LogP contribution >= 0.6 is 23.5 Å². The average molecular weight is 523 g/mol. The molecule has 0 aromatic carbocycles. The van der Waals surface area contributed by atoms with Crippen LogP contribution in [-0.4, -0.2) is 59.6 Å². The number of H-pyrrole nitrogens is 1. The average Bonchev–Trinajstić information content (AvgIpc) is 2.97. The number of aromatic nitrogens is 2. The highest BCUT2D eigenvalue weighted by atomic mass is 31.3. The maximum absolute atomic E-state index is 12.1. The van der Waals surface area contributed by atoms with Crippen molar-refractivity contribution in [2.75, 3.05) is 13.2 Å². The maximum Gasteiger partial charge on any atom is 0.490 e. The number of phosphoric ester groups is 1. The summed E-state index contributed by atoms with van der Waals surface area (Å²) < 4.78 is 51.6. The zero-order chi connectivity index (χ0) is 24.3. The van der Waals surface area contributed by atoms with Crippen molar-refractivity contribution < 1.29 is 56.3 Å². The van der Waals surface area contributed by atoms with E-state index < -0.39 is 59.8 Å². The molecule has 20 heteroatoms. The van der Waals surface area contributed by atoms with Gasteiger partial charge in [0.25, 0.3) is 5.56 Å². The van der Waals surface area contributed by atoms with Gasteiger partial charge in [0.05, 0.1) is 18.3 Å². The Labute approximate surface area is 178 Å². The van der Waals surface area contributed by atoms with Gasteiger partial charge in [-0.15, -0.1) is 0 Å². The van der Waals surface area contributed by atoms with E-state index in [4.69, 9.17) is 25.2 Å². The molecule has 3 unspecified atom stereocenters. The third kappa shape index (κ3) is 7.93. The minimum atomic E-state index is -5.70. The summed E-state index contributed by atoms with van der Waals surface area (Å²) in [6.45, 7) is -0.778. The van der Waals surface area contributed by atoms with Gasteiger partial charge < -0.3 is 35.2 Å². The molecule has 2 rings (SSSR count). The molecule has 0 amide bonds. The number of aliphatic hydroxyl groups is 1. The summed E-state index contributed by atoms with van der Waals surface area (Å²) >= 11 is 0. The number of ether oxygens (including phenoxy) is 1. The Morgan fingerprint density at radius 1 is 1.19 bits per heavy atom. The van der Waals surface area contributed by atoms with E-state index in [1.165, 1.54) is 12.2 Å². The van der Waals surface area contributed by atoms with Gasteiger partial charge in [-0.05, 0) is 0 Å². The number of hydrogen-bond donors (Lipinski definition) is 7. The van der Waals surface area contributed by atoms with Gasteiger partial charge in [-0.1, -0.05) is 12.2 Å². The number of nitrogens with two attached hydrogens (primary N) is 1. The highest BCUT2D eigenvalue weighted by molar-refractivity contribution is 7.66. The number of nitrogens with zero attached hydrogens (tertiary/aromatic N) is 1. The van der Waals surface area contributed by atoms with E-state index in [1.54, 1.807) is 0 Å². The summed E-state index contributed by atoms with van der Waals surface area (Å²) in [6, 6.07) is 0. The molecular weight excluding hydrogens is 503 g/mol. The van der Waals surface area contributed by atoms with Gasteiger partial charge in [-0.2, -0.15) is 8.62 Å². The number of rotatable bonds is 10. The first-order valence-electron chi connectivity index (χ1n) is 8.46. The highest BCUT2D eigenvalue weighted by Gasteiger charge is 2.43. The Morgan fingerprint density at radius 2 is 1.84 bits per heavy atom. The number of aromatic amines is 1. The first kappa shape index (κ1) is 27.0. The summed E-state index contributed by atoms with van der Waals surface area (Å²) in [6.07, 6.45) is -0.0802. The fraction of sp³-hybridized carbons (Fsp3) is 0.500. The molecule has 1 fully saturated rings. The van der Waals surface area contributed by atoms with Gasteiger partial charge in [0.1, 0.15) is 12.3 Å². The number of nitrogens with one attached hydrogen (secondary N) is 1. The molecule has 32 heavy (non-hydrogen) atoms. The van der Waals surface area contributed by atoms with Crippen LogP contribution in [0.25, 0.3) is 6.08 Å². The van der Waals surface area contributed by atoms with E-state index >= 15 is 0 Å². The van der Waals surface area contributed by atoms with E-state index in [0.717, 1.165) is 10.8 Å². The lowest BCUT2D eigenvalue weighted by atomic mass is 10.2. The highest BCUT2D eigenvalue weighted by Crippen LogP contribution is 2.66. The van der Waals surface area contributed by atoms with Crippen molar-refractivity contribution in [3.63, 3.8) is 0 Å². The Kier molecular flexibility index (Phi) is 8.70. The Hall–Kier alpha value is -1.29. The van der Waals surface area contributed by atoms with Crippen molar-refractivity contribution >= 4 is 29.5 Å². The zero-order valence-corrected chi connectivity index (χ0v) is 18.5. The van der Waals surface area contributed by atoms with Crippen molar-refractivity contribution in [3.8, 4) is 0 Å². The summed E-state index contributed by atoms with van der Waals surface area (Å²) in [7, 11) is -16.7. The SMILES string of the molecule is NC/C=C/c1cn([C@H]2CC(O)[C@@H](COP(=O)(O)OP(=O)(O)OP(=O)(O)O)O2)c(=O)[nH]c1=O. The predicted octanol–water partition coefficient (Wildman–Crippen LogP) is -1.50. The molecule has 2 heterocycles. The van der Waals surface area contributed by atoms with E-state index in [-0.39, 0.29) is 18.5 Å². The first-order chi connectivity index (χ1) is 14.6. The van der Waals surface area contributed by atoms with E-state index in [9.17, 15) is 33.3 Å². The summed E-state index contributed by atoms with van der Waals surface area (Å²) in [5, 5.41) is 10.1. The smallest absolute Gasteiger partial charge is 0.390 e. The molecule has 1 aliphatic rings. The standard InChI is InChI=1S/C12H20N3O14P3/c13-3-1-2-7-5-15(12(18)14-11(7)17)10-4-8(16)9(27-10)6-26-31(22,23)29-32(24,25)28-30(19,20)21/h1-2,5,8-10,16H,3-4,6,13H2,(H,22,23)(H,24,25)(H,14,17,18)(H2,19,20,21)/b2-1+/t8?,9-,10-/m1/s1. The molecule has 8 N–H and O–H groups in total. The fourth-order valence-corrected chi connectivity index (χ4v) is 5.57. The number of phosphoric acid groups is 3. The molecule has 1 saturated heterocycles. The normalized spacial score (nSPS) is 25.6. The summed E-state index contributed by atoms with van der Waals surface area (Å²) in [4.78, 5) is 61.5. The molecule has 0 saturated carbocycles. The van der Waals surface area contributed by atoms with Crippen LogP contribution in [0.1, 0.15) is 18.2 Å². The topological polar surface area (TPSA) is 270 Å². The molecule has 0 spiro atoms. The van der Waals surface area contributed by atoms with Crippen LogP contribution in [0, 0.1) is 0 Å². The second kappa shape index (κ2) is 10.3. The van der Waals surface area contributed by atoms with Gasteiger partial charge >= 0.3 is 29.2 Å². The largest absolute Gasteiger partial charge is 0.490 e. The molecule has 182 valence electrons. The quantitative estimate of drug-likeness (QED) is 0.172. The minimum absolute atomic E-state index is 0.0600. The van der Waals surface area contributed by atoms with Crippen LogP contribution in [0.2, 0.25) is 0 Å². The Balaban J connectivity index is 2.08. The van der Waals surface area contributed by atoms with Crippen LogP contribution in [0.5, 0.6) is 0 Å². The van der Waals surface area contributed by atoms with Gasteiger partial charge in [-0.25, -0.2) is 18.5 Å². The van der Waals surface area contributed by atoms with Gasteiger partial charge in [0.15, 0.2) is 0 Å². The molecule has 1 aromatic heterocycles. The van der Waals surface area contributed by atoms with Gasteiger partial charge in [0.2, 0.25) is 0 Å². The fourth-order valence-electron chi connectivity index (χ4n) is 2.54. The lowest BCUT2D eigenvalue weighted by Crippen LogP contribution is -2.33. The molecular formula is C12H20N3O14P3. The van der Waals surface area contributed by atoms with Crippen molar-refractivity contribution in [1.82, 2.24) is 9.55 Å². The maximum atomic E-state index is 12.1. The monoisotopic (exact) mass is 523 g/mol. The minimum Gasteiger partial charge on any atom is -0.390 e. The zero-order valence-electron chi connectivity index (χ0n) is 15.9. The van der Waals surface area contributed by atoms with E-state index in [0.29, 0.717) is 0 Å². The summed E-state index contributed by atoms with van der Waals surface area (Å²) in [5.41, 5.74) is 3.81. The van der Waals surface area contributed by atoms with Crippen molar-refractivity contribution in [3.05, 3.63) is 38.7 Å². The van der Waals surface area contributed by atoms with Crippen molar-refractivity contribution in [2.45, 2.75) is 24.9 Å². The second-order valence-electron chi connectivity index (χ2n) is 6.21. The second-order valence-corrected chi connectivity index (χ2v) is 10.6. The van der Waals surface area contributed by atoms with Crippen molar-refractivity contribution in [2.24, 2.45) is 5.73 Å². The molecule has 0 radical (unpaired) electrons. The third-order valence-electron chi connectivity index (χ3n) is 3.76. The van der Waals surface area contributed by atoms with E-state index in [2.05, 4.69) is 13.1 Å². The van der Waals surface area contributed by atoms with Crippen LogP contribution in [0.4, 0.5) is 0 Å². The van der Waals surface area contributed by atoms with Crippen LogP contribution in [0.3, 0.4) is 0 Å². The molecule has 17 nitrogen and oxygen atoms in total. The number of hydrogen-bond acceptors (Lipinski definition) is 11. The number of aliphatic hydroxyl groups excluding tert-OH is 1. The predicted molar refractivity (Wildman–Crippen MR) is 104 cm³/mol.